The molecule has 170 valence electrons. The van der Waals surface area contributed by atoms with E-state index < -0.39 is 6.17 Å². The average Bonchev–Trinajstić information content (AvgIpc) is 2.69. The lowest BCUT2D eigenvalue weighted by Crippen LogP contribution is -2.70. The average molecular weight is 424 g/mol. The van der Waals surface area contributed by atoms with Gasteiger partial charge in [0, 0.05) is 19.4 Å². The van der Waals surface area contributed by atoms with Crippen molar-refractivity contribution < 1.29 is 19.2 Å². The summed E-state index contributed by atoms with van der Waals surface area (Å²) < 4.78 is 0. The Morgan fingerprint density at radius 1 is 0.967 bits per heavy atom. The summed E-state index contributed by atoms with van der Waals surface area (Å²) in [7, 11) is 0. The second-order valence-corrected chi connectivity index (χ2v) is 8.71. The maximum Gasteiger partial charge on any atom is 0.249 e. The molecule has 4 N–H and O–H groups in total. The van der Waals surface area contributed by atoms with Crippen LogP contribution in [0.2, 0.25) is 0 Å². The molecule has 0 radical (unpaired) electrons. The number of piperazine rings is 1. The van der Waals surface area contributed by atoms with E-state index in [0.717, 1.165) is 6.42 Å². The fraction of sp³-hybridized carbons (Fsp3) is 0.810. The predicted molar refractivity (Wildman–Crippen MR) is 113 cm³/mol. The maximum atomic E-state index is 13.1. The summed E-state index contributed by atoms with van der Waals surface area (Å²) in [6, 6.07) is 0. The molecule has 0 saturated carbocycles. The molecule has 0 aliphatic carbocycles. The number of hydrogen-bond acceptors (Lipinski definition) is 6. The van der Waals surface area contributed by atoms with Crippen molar-refractivity contribution >= 4 is 23.6 Å². The molecule has 4 amide bonds. The highest BCUT2D eigenvalue weighted by atomic mass is 16.2. The second-order valence-electron chi connectivity index (χ2n) is 8.71. The SMILES string of the molecule is CC(C)C[C@H]1CN(C(=O)CCCCN)[C@H]2CN(C(=O)CCCCN)C(=O)CN2C1=O. The third-order valence-corrected chi connectivity index (χ3v) is 5.79. The lowest BCUT2D eigenvalue weighted by molar-refractivity contribution is -0.175. The fourth-order valence-corrected chi connectivity index (χ4v) is 4.24. The largest absolute Gasteiger partial charge is 0.330 e. The van der Waals surface area contributed by atoms with E-state index in [0.29, 0.717) is 57.7 Å². The van der Waals surface area contributed by atoms with Crippen LogP contribution in [0.15, 0.2) is 0 Å². The first-order valence-electron chi connectivity index (χ1n) is 11.1. The van der Waals surface area contributed by atoms with Crippen LogP contribution in [-0.2, 0) is 19.2 Å². The Morgan fingerprint density at radius 2 is 1.57 bits per heavy atom. The lowest BCUT2D eigenvalue weighted by atomic mass is 9.91. The molecular formula is C21H37N5O4. The highest BCUT2D eigenvalue weighted by molar-refractivity contribution is 5.99. The molecule has 2 aliphatic heterocycles. The molecule has 0 spiro atoms. The zero-order valence-corrected chi connectivity index (χ0v) is 18.3. The summed E-state index contributed by atoms with van der Waals surface area (Å²) in [4.78, 5) is 55.7. The van der Waals surface area contributed by atoms with Gasteiger partial charge in [0.2, 0.25) is 23.6 Å². The number of rotatable bonds is 10. The number of hydrogen-bond donors (Lipinski definition) is 2. The van der Waals surface area contributed by atoms with E-state index in [4.69, 9.17) is 11.5 Å². The summed E-state index contributed by atoms with van der Waals surface area (Å²) >= 11 is 0. The Hall–Kier alpha value is -2.00. The van der Waals surface area contributed by atoms with Gasteiger partial charge >= 0.3 is 0 Å². The highest BCUT2D eigenvalue weighted by Gasteiger charge is 2.47. The number of carbonyl (C=O) groups is 4. The van der Waals surface area contributed by atoms with Crippen molar-refractivity contribution in [3.8, 4) is 0 Å². The molecule has 2 aliphatic rings. The molecule has 2 rings (SSSR count). The number of unbranched alkanes of at least 4 members (excludes halogenated alkanes) is 2. The molecule has 9 nitrogen and oxygen atoms in total. The summed E-state index contributed by atoms with van der Waals surface area (Å²) in [6.07, 6.45) is 3.43. The molecule has 0 aromatic heterocycles. The van der Waals surface area contributed by atoms with Crippen LogP contribution in [0.4, 0.5) is 0 Å². The van der Waals surface area contributed by atoms with Gasteiger partial charge in [0.05, 0.1) is 12.5 Å². The van der Waals surface area contributed by atoms with E-state index >= 15 is 0 Å². The molecule has 0 aromatic carbocycles. The molecule has 9 heteroatoms. The minimum atomic E-state index is -0.581. The molecule has 30 heavy (non-hydrogen) atoms. The zero-order valence-electron chi connectivity index (χ0n) is 18.3. The normalized spacial score (nSPS) is 22.0. The van der Waals surface area contributed by atoms with Crippen molar-refractivity contribution in [2.75, 3.05) is 32.7 Å². The molecule has 0 unspecified atom stereocenters. The minimum Gasteiger partial charge on any atom is -0.330 e. The first kappa shape index (κ1) is 24.3. The predicted octanol–water partition coefficient (Wildman–Crippen LogP) is 0.272. The third kappa shape index (κ3) is 6.01. The quantitative estimate of drug-likeness (QED) is 0.485. The van der Waals surface area contributed by atoms with Crippen LogP contribution in [0.25, 0.3) is 0 Å². The first-order valence-corrected chi connectivity index (χ1v) is 11.1. The standard InChI is InChI=1S/C21H37N5O4/c1-15(2)11-16-12-24(18(27)7-3-5-9-22)17-13-26(19(28)8-4-6-10-23)20(29)14-25(17)21(16)30/h15-17H,3-14,22-23H2,1-2H3/t16-,17+/m0/s1. The summed E-state index contributed by atoms with van der Waals surface area (Å²) in [5.74, 6) is -0.809. The Kier molecular flexibility index (Phi) is 9.23. The van der Waals surface area contributed by atoms with Crippen molar-refractivity contribution in [3.05, 3.63) is 0 Å². The maximum absolute atomic E-state index is 13.1. The molecule has 2 fully saturated rings. The van der Waals surface area contributed by atoms with E-state index in [2.05, 4.69) is 0 Å². The van der Waals surface area contributed by atoms with Gasteiger partial charge in [0.15, 0.2) is 0 Å². The molecular weight excluding hydrogens is 386 g/mol. The summed E-state index contributed by atoms with van der Waals surface area (Å²) in [6.45, 7) is 5.32. The van der Waals surface area contributed by atoms with Crippen LogP contribution in [0.1, 0.15) is 58.8 Å². The Labute approximate surface area is 179 Å². The van der Waals surface area contributed by atoms with Crippen LogP contribution in [0, 0.1) is 11.8 Å². The number of imide groups is 1. The van der Waals surface area contributed by atoms with E-state index in [-0.39, 0.29) is 49.1 Å². The topological polar surface area (TPSA) is 130 Å². The van der Waals surface area contributed by atoms with Crippen molar-refractivity contribution in [1.82, 2.24) is 14.7 Å². The minimum absolute atomic E-state index is 0.0447. The van der Waals surface area contributed by atoms with E-state index in [1.165, 1.54) is 9.80 Å². The van der Waals surface area contributed by atoms with Gasteiger partial charge in [0.25, 0.3) is 0 Å². The Morgan fingerprint density at radius 3 is 2.13 bits per heavy atom. The van der Waals surface area contributed by atoms with E-state index in [1.54, 1.807) is 4.90 Å². The van der Waals surface area contributed by atoms with Gasteiger partial charge < -0.3 is 21.3 Å². The highest BCUT2D eigenvalue weighted by Crippen LogP contribution is 2.29. The first-order chi connectivity index (χ1) is 14.3. The number of nitrogens with two attached hydrogens (primary N) is 2. The van der Waals surface area contributed by atoms with Crippen molar-refractivity contribution in [2.24, 2.45) is 23.3 Å². The summed E-state index contributed by atoms with van der Waals surface area (Å²) in [5, 5.41) is 0. The smallest absolute Gasteiger partial charge is 0.249 e. The second kappa shape index (κ2) is 11.4. The molecule has 2 atom stereocenters. The van der Waals surface area contributed by atoms with Gasteiger partial charge in [-0.1, -0.05) is 13.8 Å². The van der Waals surface area contributed by atoms with Gasteiger partial charge in [-0.3, -0.25) is 24.1 Å². The molecule has 0 bridgehead atoms. The van der Waals surface area contributed by atoms with Crippen LogP contribution in [0.5, 0.6) is 0 Å². The van der Waals surface area contributed by atoms with Gasteiger partial charge in [-0.15, -0.1) is 0 Å². The van der Waals surface area contributed by atoms with Crippen LogP contribution in [-0.4, -0.2) is 77.2 Å². The van der Waals surface area contributed by atoms with E-state index in [9.17, 15) is 19.2 Å². The monoisotopic (exact) mass is 423 g/mol. The van der Waals surface area contributed by atoms with E-state index in [1.807, 2.05) is 13.8 Å². The van der Waals surface area contributed by atoms with Crippen molar-refractivity contribution in [3.63, 3.8) is 0 Å². The Balaban J connectivity index is 2.19. The van der Waals surface area contributed by atoms with Crippen LogP contribution >= 0.6 is 0 Å². The lowest BCUT2D eigenvalue weighted by Gasteiger charge is -2.50. The summed E-state index contributed by atoms with van der Waals surface area (Å²) in [5.41, 5.74) is 11.0. The fourth-order valence-electron chi connectivity index (χ4n) is 4.24. The number of amides is 4. The van der Waals surface area contributed by atoms with Gasteiger partial charge in [-0.05, 0) is 51.1 Å². The molecule has 2 heterocycles. The Bertz CT molecular complexity index is 639. The molecule has 0 aromatic rings. The molecule has 2 saturated heterocycles. The zero-order chi connectivity index (χ0) is 22.3. The number of nitrogens with zero attached hydrogens (tertiary/aromatic N) is 3. The van der Waals surface area contributed by atoms with Gasteiger partial charge in [0.1, 0.15) is 12.7 Å². The number of fused-ring (bicyclic) bond motifs is 1. The van der Waals surface area contributed by atoms with Gasteiger partial charge in [-0.25, -0.2) is 0 Å². The van der Waals surface area contributed by atoms with Gasteiger partial charge in [-0.2, -0.15) is 0 Å². The third-order valence-electron chi connectivity index (χ3n) is 5.79. The van der Waals surface area contributed by atoms with Crippen molar-refractivity contribution in [2.45, 2.75) is 65.0 Å². The van der Waals surface area contributed by atoms with Crippen LogP contribution in [0.3, 0.4) is 0 Å². The number of carbonyl (C=O) groups excluding carboxylic acids is 4. The van der Waals surface area contributed by atoms with Crippen molar-refractivity contribution in [1.29, 1.82) is 0 Å². The van der Waals surface area contributed by atoms with Crippen LogP contribution < -0.4 is 11.5 Å².